The highest BCUT2D eigenvalue weighted by Gasteiger charge is 2.30. The van der Waals surface area contributed by atoms with Gasteiger partial charge in [0, 0.05) is 13.5 Å². The highest BCUT2D eigenvalue weighted by Crippen LogP contribution is 2.30. The predicted molar refractivity (Wildman–Crippen MR) is 83.6 cm³/mol. The Morgan fingerprint density at radius 3 is 2.38 bits per heavy atom. The van der Waals surface area contributed by atoms with Crippen LogP contribution in [0, 0.1) is 6.92 Å². The molecule has 0 radical (unpaired) electrons. The molecule has 3 nitrogen and oxygen atoms in total. The molecule has 112 valence electrons. The molecule has 1 unspecified atom stereocenters. The number of ether oxygens (including phenoxy) is 2. The van der Waals surface area contributed by atoms with Gasteiger partial charge in [0.1, 0.15) is 11.4 Å². The summed E-state index contributed by atoms with van der Waals surface area (Å²) in [6.45, 7) is 2.26. The van der Waals surface area contributed by atoms with Crippen molar-refractivity contribution in [2.75, 3.05) is 20.8 Å². The lowest BCUT2D eigenvalue weighted by Gasteiger charge is -2.29. The van der Waals surface area contributed by atoms with E-state index in [0.29, 0.717) is 6.42 Å². The fourth-order valence-corrected chi connectivity index (χ4v) is 2.58. The molecule has 0 heterocycles. The van der Waals surface area contributed by atoms with Crippen molar-refractivity contribution in [3.05, 3.63) is 65.2 Å². The summed E-state index contributed by atoms with van der Waals surface area (Å²) in [4.78, 5) is 0. The molecule has 2 aromatic carbocycles. The molecule has 0 aromatic heterocycles. The molecule has 21 heavy (non-hydrogen) atoms. The van der Waals surface area contributed by atoms with Crippen molar-refractivity contribution in [3.8, 4) is 5.75 Å². The van der Waals surface area contributed by atoms with Crippen LogP contribution in [0.1, 0.15) is 16.7 Å². The molecule has 2 rings (SSSR count). The second kappa shape index (κ2) is 6.74. The van der Waals surface area contributed by atoms with Crippen LogP contribution >= 0.6 is 0 Å². The van der Waals surface area contributed by atoms with E-state index >= 15 is 0 Å². The van der Waals surface area contributed by atoms with Crippen molar-refractivity contribution < 1.29 is 14.6 Å². The Morgan fingerprint density at radius 2 is 1.76 bits per heavy atom. The van der Waals surface area contributed by atoms with Crippen molar-refractivity contribution >= 4 is 0 Å². The van der Waals surface area contributed by atoms with Crippen LogP contribution in [0.3, 0.4) is 0 Å². The molecule has 1 atom stereocenters. The molecule has 3 heteroatoms. The van der Waals surface area contributed by atoms with E-state index < -0.39 is 5.60 Å². The van der Waals surface area contributed by atoms with Crippen molar-refractivity contribution in [1.82, 2.24) is 0 Å². The second-order valence-corrected chi connectivity index (χ2v) is 5.32. The number of rotatable bonds is 6. The van der Waals surface area contributed by atoms with Gasteiger partial charge in [-0.2, -0.15) is 0 Å². The Balaban J connectivity index is 2.39. The van der Waals surface area contributed by atoms with Crippen molar-refractivity contribution in [2.24, 2.45) is 0 Å². The molecule has 0 aliphatic rings. The second-order valence-electron chi connectivity index (χ2n) is 5.32. The topological polar surface area (TPSA) is 38.7 Å². The van der Waals surface area contributed by atoms with Crippen LogP contribution in [0.4, 0.5) is 0 Å². The summed E-state index contributed by atoms with van der Waals surface area (Å²) < 4.78 is 10.7. The van der Waals surface area contributed by atoms with Gasteiger partial charge >= 0.3 is 0 Å². The van der Waals surface area contributed by atoms with E-state index in [1.165, 1.54) is 0 Å². The number of aliphatic hydroxyl groups is 1. The third-order valence-electron chi connectivity index (χ3n) is 3.61. The van der Waals surface area contributed by atoms with Crippen LogP contribution in [0.15, 0.2) is 48.5 Å². The molecule has 0 fully saturated rings. The zero-order valence-corrected chi connectivity index (χ0v) is 12.8. The van der Waals surface area contributed by atoms with Crippen molar-refractivity contribution in [2.45, 2.75) is 18.9 Å². The summed E-state index contributed by atoms with van der Waals surface area (Å²) in [6, 6.07) is 15.6. The van der Waals surface area contributed by atoms with Gasteiger partial charge in [-0.05, 0) is 24.1 Å². The lowest BCUT2D eigenvalue weighted by atomic mass is 9.87. The average Bonchev–Trinajstić information content (AvgIpc) is 2.48. The molecule has 0 saturated heterocycles. The molecular formula is C18H22O3. The van der Waals surface area contributed by atoms with Crippen LogP contribution in [-0.2, 0) is 16.8 Å². The zero-order valence-electron chi connectivity index (χ0n) is 12.8. The molecular weight excluding hydrogens is 264 g/mol. The summed E-state index contributed by atoms with van der Waals surface area (Å²) >= 11 is 0. The summed E-state index contributed by atoms with van der Waals surface area (Å²) in [6.07, 6.45) is 0.440. The maximum absolute atomic E-state index is 11.1. The van der Waals surface area contributed by atoms with Crippen LogP contribution in [-0.4, -0.2) is 25.9 Å². The smallest absolute Gasteiger partial charge is 0.122 e. The monoisotopic (exact) mass is 286 g/mol. The van der Waals surface area contributed by atoms with Gasteiger partial charge in [0.15, 0.2) is 0 Å². The van der Waals surface area contributed by atoms with E-state index in [1.807, 2.05) is 55.5 Å². The molecule has 1 N–H and O–H groups in total. The Hall–Kier alpha value is -1.84. The van der Waals surface area contributed by atoms with Gasteiger partial charge in [-0.25, -0.2) is 0 Å². The van der Waals surface area contributed by atoms with E-state index in [0.717, 1.165) is 22.4 Å². The molecule has 0 saturated carbocycles. The van der Waals surface area contributed by atoms with Crippen LogP contribution in [0.2, 0.25) is 0 Å². The molecule has 0 aliphatic carbocycles. The van der Waals surface area contributed by atoms with E-state index in [9.17, 15) is 5.11 Å². The normalized spacial score (nSPS) is 13.7. The van der Waals surface area contributed by atoms with E-state index in [2.05, 4.69) is 0 Å². The highest BCUT2D eigenvalue weighted by atomic mass is 16.5. The molecule has 0 spiro atoms. The number of hydrogen-bond acceptors (Lipinski definition) is 3. The first kappa shape index (κ1) is 15.5. The average molecular weight is 286 g/mol. The summed E-state index contributed by atoms with van der Waals surface area (Å²) in [5.74, 6) is 0.783. The van der Waals surface area contributed by atoms with Gasteiger partial charge in [0.25, 0.3) is 0 Å². The molecule has 0 aliphatic heterocycles. The maximum Gasteiger partial charge on any atom is 0.122 e. The summed E-state index contributed by atoms with van der Waals surface area (Å²) in [5.41, 5.74) is 1.88. The Morgan fingerprint density at radius 1 is 1.05 bits per heavy atom. The number of aryl methyl sites for hydroxylation is 1. The molecule has 0 amide bonds. The fourth-order valence-electron chi connectivity index (χ4n) is 2.58. The lowest BCUT2D eigenvalue weighted by molar-refractivity contribution is -0.0358. The van der Waals surface area contributed by atoms with Crippen LogP contribution in [0.25, 0.3) is 0 Å². The highest BCUT2D eigenvalue weighted by molar-refractivity contribution is 5.39. The number of benzene rings is 2. The van der Waals surface area contributed by atoms with E-state index in [1.54, 1.807) is 14.2 Å². The first-order valence-corrected chi connectivity index (χ1v) is 6.99. The fraction of sp³-hybridized carbons (Fsp3) is 0.333. The van der Waals surface area contributed by atoms with Gasteiger partial charge in [-0.3, -0.25) is 0 Å². The minimum absolute atomic E-state index is 0.230. The first-order valence-electron chi connectivity index (χ1n) is 6.99. The van der Waals surface area contributed by atoms with E-state index in [4.69, 9.17) is 9.47 Å². The van der Waals surface area contributed by atoms with Gasteiger partial charge in [0.2, 0.25) is 0 Å². The largest absolute Gasteiger partial charge is 0.496 e. The van der Waals surface area contributed by atoms with Gasteiger partial charge < -0.3 is 14.6 Å². The van der Waals surface area contributed by atoms with Crippen LogP contribution < -0.4 is 4.74 Å². The number of methoxy groups -OCH3 is 2. The zero-order chi connectivity index (χ0) is 15.3. The van der Waals surface area contributed by atoms with Crippen LogP contribution in [0.5, 0.6) is 5.75 Å². The summed E-state index contributed by atoms with van der Waals surface area (Å²) in [7, 11) is 3.24. The minimum atomic E-state index is -1.07. The molecule has 0 bridgehead atoms. The minimum Gasteiger partial charge on any atom is -0.496 e. The quantitative estimate of drug-likeness (QED) is 0.887. The Bertz CT molecular complexity index is 580. The Kier molecular flexibility index (Phi) is 4.99. The van der Waals surface area contributed by atoms with Crippen molar-refractivity contribution in [1.29, 1.82) is 0 Å². The lowest BCUT2D eigenvalue weighted by Crippen LogP contribution is -2.34. The summed E-state index contributed by atoms with van der Waals surface area (Å²) in [5, 5.41) is 11.1. The SMILES string of the molecule is COCC(O)(Cc1cc(C)ccc1OC)c1ccccc1. The van der Waals surface area contributed by atoms with Crippen molar-refractivity contribution in [3.63, 3.8) is 0 Å². The third-order valence-corrected chi connectivity index (χ3v) is 3.61. The van der Waals surface area contributed by atoms with Gasteiger partial charge in [0.05, 0.1) is 13.7 Å². The van der Waals surface area contributed by atoms with E-state index in [-0.39, 0.29) is 6.61 Å². The standard InChI is InChI=1S/C18H22O3/c1-14-9-10-17(21-3)15(11-14)12-18(19,13-20-2)16-7-5-4-6-8-16/h4-11,19H,12-13H2,1-3H3. The Labute approximate surface area is 126 Å². The first-order chi connectivity index (χ1) is 10.1. The van der Waals surface area contributed by atoms with Gasteiger partial charge in [-0.1, -0.05) is 48.0 Å². The molecule has 2 aromatic rings. The third kappa shape index (κ3) is 3.63. The predicted octanol–water partition coefficient (Wildman–Crippen LogP) is 3.08. The number of hydrogen-bond donors (Lipinski definition) is 1. The van der Waals surface area contributed by atoms with Gasteiger partial charge in [-0.15, -0.1) is 0 Å². The maximum atomic E-state index is 11.1.